The van der Waals surface area contributed by atoms with Crippen molar-refractivity contribution in [3.63, 3.8) is 0 Å². The molecule has 11 rings (SSSR count). The Kier molecular flexibility index (Phi) is 7.97. The van der Waals surface area contributed by atoms with Crippen molar-refractivity contribution in [1.29, 1.82) is 0 Å². The van der Waals surface area contributed by atoms with Crippen LogP contribution in [0, 0.1) is 13.8 Å². The zero-order valence-corrected chi connectivity index (χ0v) is 32.5. The molecule has 2 aromatic heterocycles. The molecule has 11 aromatic rings. The molecule has 58 heavy (non-hydrogen) atoms. The van der Waals surface area contributed by atoms with Crippen LogP contribution in [-0.2, 0) is 0 Å². The number of benzene rings is 9. The highest BCUT2D eigenvalue weighted by molar-refractivity contribution is 6.13. The monoisotopic (exact) mass is 740 g/mol. The van der Waals surface area contributed by atoms with Crippen LogP contribution in [0.25, 0.3) is 99.5 Å². The van der Waals surface area contributed by atoms with E-state index in [1.54, 1.807) is 0 Å². The van der Waals surface area contributed by atoms with E-state index in [1.165, 1.54) is 99.2 Å². The smallest absolute Gasteiger partial charge is 0.0541 e. The first-order valence-corrected chi connectivity index (χ1v) is 20.1. The molecule has 0 N–H and O–H groups in total. The van der Waals surface area contributed by atoms with Gasteiger partial charge in [-0.05, 0) is 142 Å². The van der Waals surface area contributed by atoms with Gasteiger partial charge < -0.3 is 9.13 Å². The van der Waals surface area contributed by atoms with Gasteiger partial charge in [0.05, 0.1) is 22.1 Å². The number of nitrogens with zero attached hydrogens (tertiary/aromatic N) is 2. The van der Waals surface area contributed by atoms with Gasteiger partial charge >= 0.3 is 0 Å². The second-order valence-electron chi connectivity index (χ2n) is 15.5. The highest BCUT2D eigenvalue weighted by atomic mass is 15.0. The third-order valence-electron chi connectivity index (χ3n) is 12.0. The lowest BCUT2D eigenvalue weighted by Crippen LogP contribution is -1.94. The molecule has 0 amide bonds. The highest BCUT2D eigenvalue weighted by Gasteiger charge is 2.18. The third kappa shape index (κ3) is 5.56. The van der Waals surface area contributed by atoms with E-state index >= 15 is 0 Å². The van der Waals surface area contributed by atoms with Crippen molar-refractivity contribution >= 4 is 43.6 Å². The average molecular weight is 741 g/mol. The van der Waals surface area contributed by atoms with E-state index in [4.69, 9.17) is 0 Å². The maximum atomic E-state index is 2.41. The molecule has 9 aromatic carbocycles. The molecule has 0 aliphatic heterocycles. The van der Waals surface area contributed by atoms with E-state index in [0.29, 0.717) is 0 Å². The van der Waals surface area contributed by atoms with Crippen molar-refractivity contribution < 1.29 is 0 Å². The fourth-order valence-corrected chi connectivity index (χ4v) is 9.09. The minimum absolute atomic E-state index is 1.16. The van der Waals surface area contributed by atoms with Crippen LogP contribution in [0.15, 0.2) is 206 Å². The second kappa shape index (κ2) is 13.7. The third-order valence-corrected chi connectivity index (χ3v) is 12.0. The van der Waals surface area contributed by atoms with Crippen LogP contribution in [0.4, 0.5) is 0 Å². The van der Waals surface area contributed by atoms with Crippen molar-refractivity contribution in [2.75, 3.05) is 0 Å². The molecule has 0 aliphatic carbocycles. The summed E-state index contributed by atoms with van der Waals surface area (Å²) in [5, 5.41) is 4.98. The van der Waals surface area contributed by atoms with Crippen molar-refractivity contribution in [3.8, 4) is 55.9 Å². The van der Waals surface area contributed by atoms with Crippen molar-refractivity contribution in [2.24, 2.45) is 0 Å². The number of para-hydroxylation sites is 2. The van der Waals surface area contributed by atoms with Gasteiger partial charge in [-0.2, -0.15) is 0 Å². The van der Waals surface area contributed by atoms with Crippen LogP contribution in [0.1, 0.15) is 11.1 Å². The van der Waals surface area contributed by atoms with Crippen LogP contribution >= 0.6 is 0 Å². The molecule has 0 saturated heterocycles. The van der Waals surface area contributed by atoms with Gasteiger partial charge in [-0.15, -0.1) is 0 Å². The zero-order valence-electron chi connectivity index (χ0n) is 32.5. The first-order chi connectivity index (χ1) is 28.6. The SMILES string of the molecule is Cc1ccccc1-c1cc(-c2ccc3c(c2)c2cc(-c4ccc5c(c4)c4ccccc4n5-c4cccc(-c5ccccc5)c4)ccc2n3-c2ccccc2)ccc1C. The first kappa shape index (κ1) is 33.9. The summed E-state index contributed by atoms with van der Waals surface area (Å²) in [5.74, 6) is 0. The lowest BCUT2D eigenvalue weighted by molar-refractivity contribution is 1.18. The summed E-state index contributed by atoms with van der Waals surface area (Å²) in [5.41, 5.74) is 19.5. The van der Waals surface area contributed by atoms with E-state index in [1.807, 2.05) is 0 Å². The van der Waals surface area contributed by atoms with Gasteiger partial charge in [-0.3, -0.25) is 0 Å². The fraction of sp³-hybridized carbons (Fsp3) is 0.0357. The quantitative estimate of drug-likeness (QED) is 0.161. The normalized spacial score (nSPS) is 11.6. The number of aromatic nitrogens is 2. The topological polar surface area (TPSA) is 9.86 Å². The molecule has 0 atom stereocenters. The lowest BCUT2D eigenvalue weighted by atomic mass is 9.92. The van der Waals surface area contributed by atoms with Gasteiger partial charge in [-0.1, -0.05) is 133 Å². The van der Waals surface area contributed by atoms with Crippen molar-refractivity contribution in [3.05, 3.63) is 217 Å². The number of hydrogen-bond donors (Lipinski definition) is 0. The molecule has 0 radical (unpaired) electrons. The molecule has 0 aliphatic rings. The van der Waals surface area contributed by atoms with Crippen molar-refractivity contribution in [2.45, 2.75) is 13.8 Å². The van der Waals surface area contributed by atoms with Gasteiger partial charge in [-0.25, -0.2) is 0 Å². The van der Waals surface area contributed by atoms with Gasteiger partial charge in [0.2, 0.25) is 0 Å². The van der Waals surface area contributed by atoms with Crippen molar-refractivity contribution in [1.82, 2.24) is 9.13 Å². The molecule has 274 valence electrons. The van der Waals surface area contributed by atoms with Gasteiger partial charge in [0, 0.05) is 32.9 Å². The summed E-state index contributed by atoms with van der Waals surface area (Å²) in [4.78, 5) is 0. The standard InChI is InChI=1S/C56H40N2/c1-37-14-9-10-21-47(37)49-33-41(25-24-38(49)2)43-27-30-55-51(35-43)52-36-44(28-31-56(52)57(55)45-18-7-4-8-19-45)42-26-29-54-50(34-42)48-22-11-12-23-53(48)58(54)46-20-13-17-40(32-46)39-15-5-3-6-16-39/h3-36H,1-2H3. The molecule has 2 heteroatoms. The summed E-state index contributed by atoms with van der Waals surface area (Å²) in [6.45, 7) is 4.41. The summed E-state index contributed by atoms with van der Waals surface area (Å²) in [7, 11) is 0. The predicted molar refractivity (Wildman–Crippen MR) is 246 cm³/mol. The van der Waals surface area contributed by atoms with Gasteiger partial charge in [0.1, 0.15) is 0 Å². The Morgan fingerprint density at radius 2 is 0.707 bits per heavy atom. The Morgan fingerprint density at radius 3 is 1.38 bits per heavy atom. The van der Waals surface area contributed by atoms with Gasteiger partial charge in [0.15, 0.2) is 0 Å². The second-order valence-corrected chi connectivity index (χ2v) is 15.5. The fourth-order valence-electron chi connectivity index (χ4n) is 9.09. The predicted octanol–water partition coefficient (Wildman–Crippen LogP) is 15.2. The van der Waals surface area contributed by atoms with E-state index in [0.717, 1.165) is 11.4 Å². The minimum Gasteiger partial charge on any atom is -0.309 e. The maximum absolute atomic E-state index is 2.41. The molecule has 0 unspecified atom stereocenters. The molecule has 0 fully saturated rings. The van der Waals surface area contributed by atoms with E-state index in [2.05, 4.69) is 229 Å². The van der Waals surface area contributed by atoms with E-state index in [9.17, 15) is 0 Å². The number of hydrogen-bond acceptors (Lipinski definition) is 0. The summed E-state index contributed by atoms with van der Waals surface area (Å²) in [6, 6.07) is 75.6. The van der Waals surface area contributed by atoms with Crippen LogP contribution in [0.2, 0.25) is 0 Å². The van der Waals surface area contributed by atoms with Crippen LogP contribution in [-0.4, -0.2) is 9.13 Å². The first-order valence-electron chi connectivity index (χ1n) is 20.1. The molecule has 0 bridgehead atoms. The number of rotatable bonds is 6. The van der Waals surface area contributed by atoms with E-state index < -0.39 is 0 Å². The Balaban J connectivity index is 1.08. The largest absolute Gasteiger partial charge is 0.309 e. The molecular weight excluding hydrogens is 701 g/mol. The summed E-state index contributed by atoms with van der Waals surface area (Å²) < 4.78 is 4.82. The Bertz CT molecular complexity index is 3350. The zero-order chi connectivity index (χ0) is 38.7. The molecular formula is C56H40N2. The molecule has 2 nitrogen and oxygen atoms in total. The average Bonchev–Trinajstić information content (AvgIpc) is 3.79. The summed E-state index contributed by atoms with van der Waals surface area (Å²) >= 11 is 0. The Morgan fingerprint density at radius 1 is 0.259 bits per heavy atom. The summed E-state index contributed by atoms with van der Waals surface area (Å²) in [6.07, 6.45) is 0. The van der Waals surface area contributed by atoms with Crippen LogP contribution in [0.3, 0.4) is 0 Å². The number of fused-ring (bicyclic) bond motifs is 6. The molecule has 0 saturated carbocycles. The van der Waals surface area contributed by atoms with Crippen LogP contribution < -0.4 is 0 Å². The number of aryl methyl sites for hydroxylation is 2. The minimum atomic E-state index is 1.16. The maximum Gasteiger partial charge on any atom is 0.0541 e. The molecule has 0 spiro atoms. The van der Waals surface area contributed by atoms with Gasteiger partial charge in [0.25, 0.3) is 0 Å². The molecule has 2 heterocycles. The highest BCUT2D eigenvalue weighted by Crippen LogP contribution is 2.40. The Labute approximate surface area is 338 Å². The Hall–Kier alpha value is -7.42. The van der Waals surface area contributed by atoms with E-state index in [-0.39, 0.29) is 0 Å². The van der Waals surface area contributed by atoms with Crippen LogP contribution in [0.5, 0.6) is 0 Å². The lowest BCUT2D eigenvalue weighted by Gasteiger charge is -2.12.